The maximum Gasteiger partial charge on any atom is 0.326 e. The molecule has 0 bridgehead atoms. The van der Waals surface area contributed by atoms with Gasteiger partial charge in [0.05, 0.1) is 0 Å². The molecule has 5 heteroatoms. The van der Waals surface area contributed by atoms with Crippen molar-refractivity contribution in [2.45, 2.75) is 18.9 Å². The summed E-state index contributed by atoms with van der Waals surface area (Å²) in [7, 11) is 0. The predicted octanol–water partition coefficient (Wildman–Crippen LogP) is 0.885. The molecule has 0 aliphatic heterocycles. The van der Waals surface area contributed by atoms with Crippen molar-refractivity contribution >= 4 is 23.6 Å². The summed E-state index contributed by atoms with van der Waals surface area (Å²) in [5, 5.41) is 11.2. The van der Waals surface area contributed by atoms with Crippen LogP contribution < -0.4 is 5.32 Å². The fourth-order valence-electron chi connectivity index (χ4n) is 0.877. The Hall–Kier alpha value is -0.970. The quantitative estimate of drug-likeness (QED) is 0.621. The summed E-state index contributed by atoms with van der Waals surface area (Å²) in [4.78, 5) is 21.8. The van der Waals surface area contributed by atoms with E-state index in [1.54, 1.807) is 11.8 Å². The van der Waals surface area contributed by atoms with Crippen molar-refractivity contribution in [2.75, 3.05) is 12.0 Å². The fraction of sp³-hybridized carbons (Fsp3) is 0.556. The average molecular weight is 217 g/mol. The van der Waals surface area contributed by atoms with Crippen LogP contribution in [-0.2, 0) is 9.59 Å². The number of carboxylic acid groups (broad SMARTS) is 1. The van der Waals surface area contributed by atoms with Crippen LogP contribution in [0.2, 0.25) is 0 Å². The van der Waals surface area contributed by atoms with Gasteiger partial charge in [-0.05, 0) is 18.4 Å². The SMILES string of the molecule is C=CCC(=O)N[C@H](CCSC)C(=O)O. The molecule has 0 rings (SSSR count). The number of carbonyl (C=O) groups excluding carboxylic acids is 1. The highest BCUT2D eigenvalue weighted by Crippen LogP contribution is 2.01. The first kappa shape index (κ1) is 13.0. The molecule has 0 aromatic rings. The van der Waals surface area contributed by atoms with Gasteiger partial charge in [0.2, 0.25) is 5.91 Å². The first-order valence-electron chi connectivity index (χ1n) is 4.23. The minimum atomic E-state index is -0.989. The Morgan fingerprint density at radius 2 is 2.29 bits per heavy atom. The van der Waals surface area contributed by atoms with Gasteiger partial charge >= 0.3 is 5.97 Å². The van der Waals surface area contributed by atoms with E-state index in [2.05, 4.69) is 11.9 Å². The molecule has 1 amide bonds. The summed E-state index contributed by atoms with van der Waals surface area (Å²) >= 11 is 1.55. The molecule has 0 unspecified atom stereocenters. The van der Waals surface area contributed by atoms with Gasteiger partial charge in [-0.15, -0.1) is 6.58 Å². The highest BCUT2D eigenvalue weighted by Gasteiger charge is 2.18. The second-order valence-corrected chi connectivity index (χ2v) is 3.72. The van der Waals surface area contributed by atoms with Crippen molar-refractivity contribution in [1.82, 2.24) is 5.32 Å². The van der Waals surface area contributed by atoms with Crippen molar-refractivity contribution in [3.63, 3.8) is 0 Å². The molecule has 1 atom stereocenters. The Morgan fingerprint density at radius 3 is 2.71 bits per heavy atom. The van der Waals surface area contributed by atoms with Crippen LogP contribution in [0, 0.1) is 0 Å². The minimum absolute atomic E-state index is 0.156. The second kappa shape index (κ2) is 7.44. The summed E-state index contributed by atoms with van der Waals surface area (Å²) in [5.74, 6) is -0.573. The van der Waals surface area contributed by atoms with Crippen molar-refractivity contribution in [3.05, 3.63) is 12.7 Å². The number of carbonyl (C=O) groups is 2. The standard InChI is InChI=1S/C9H15NO3S/c1-3-4-8(11)10-7(9(12)13)5-6-14-2/h3,7H,1,4-6H2,2H3,(H,10,11)(H,12,13)/t7-/m1/s1. The highest BCUT2D eigenvalue weighted by atomic mass is 32.2. The molecule has 0 spiro atoms. The van der Waals surface area contributed by atoms with E-state index in [9.17, 15) is 9.59 Å². The highest BCUT2D eigenvalue weighted by molar-refractivity contribution is 7.98. The Balaban J connectivity index is 4.01. The van der Waals surface area contributed by atoms with Crippen LogP contribution in [0.3, 0.4) is 0 Å². The Morgan fingerprint density at radius 1 is 1.64 bits per heavy atom. The van der Waals surface area contributed by atoms with E-state index in [1.165, 1.54) is 6.08 Å². The number of nitrogens with one attached hydrogen (secondary N) is 1. The van der Waals surface area contributed by atoms with Crippen LogP contribution in [0.15, 0.2) is 12.7 Å². The van der Waals surface area contributed by atoms with Gasteiger partial charge in [-0.2, -0.15) is 11.8 Å². The maximum atomic E-state index is 11.1. The van der Waals surface area contributed by atoms with Gasteiger partial charge in [0, 0.05) is 6.42 Å². The molecule has 0 aromatic carbocycles. The Bertz CT molecular complexity index is 218. The van der Waals surface area contributed by atoms with Crippen molar-refractivity contribution in [3.8, 4) is 0 Å². The normalized spacial score (nSPS) is 11.8. The lowest BCUT2D eigenvalue weighted by Gasteiger charge is -2.12. The number of amides is 1. The lowest BCUT2D eigenvalue weighted by Crippen LogP contribution is -2.40. The molecule has 0 aliphatic carbocycles. The van der Waals surface area contributed by atoms with Gasteiger partial charge in [0.15, 0.2) is 0 Å². The zero-order valence-electron chi connectivity index (χ0n) is 8.16. The molecule has 0 aromatic heterocycles. The molecule has 0 aliphatic rings. The number of hydrogen-bond donors (Lipinski definition) is 2. The predicted molar refractivity (Wildman–Crippen MR) is 57.4 cm³/mol. The number of hydrogen-bond acceptors (Lipinski definition) is 3. The minimum Gasteiger partial charge on any atom is -0.480 e. The molecule has 4 nitrogen and oxygen atoms in total. The largest absolute Gasteiger partial charge is 0.480 e. The first-order chi connectivity index (χ1) is 6.61. The molecule has 0 fully saturated rings. The van der Waals surface area contributed by atoms with Crippen LogP contribution >= 0.6 is 11.8 Å². The van der Waals surface area contributed by atoms with Gasteiger partial charge in [0.1, 0.15) is 6.04 Å². The number of carboxylic acids is 1. The van der Waals surface area contributed by atoms with Crippen LogP contribution in [0.5, 0.6) is 0 Å². The monoisotopic (exact) mass is 217 g/mol. The van der Waals surface area contributed by atoms with Crippen LogP contribution in [0.25, 0.3) is 0 Å². The molecule has 0 radical (unpaired) electrons. The third-order valence-corrected chi connectivity index (χ3v) is 2.22. The third kappa shape index (κ3) is 5.64. The van der Waals surface area contributed by atoms with Crippen molar-refractivity contribution in [2.24, 2.45) is 0 Å². The zero-order valence-corrected chi connectivity index (χ0v) is 8.97. The van der Waals surface area contributed by atoms with E-state index < -0.39 is 12.0 Å². The van der Waals surface area contributed by atoms with Crippen molar-refractivity contribution < 1.29 is 14.7 Å². The first-order valence-corrected chi connectivity index (χ1v) is 5.63. The summed E-state index contributed by atoms with van der Waals surface area (Å²) in [6.07, 6.45) is 3.94. The second-order valence-electron chi connectivity index (χ2n) is 2.73. The summed E-state index contributed by atoms with van der Waals surface area (Å²) in [6.45, 7) is 3.40. The maximum absolute atomic E-state index is 11.1. The van der Waals surface area contributed by atoms with Gasteiger partial charge in [0.25, 0.3) is 0 Å². The van der Waals surface area contributed by atoms with Gasteiger partial charge in [-0.3, -0.25) is 4.79 Å². The number of rotatable bonds is 7. The van der Waals surface area contributed by atoms with Crippen LogP contribution in [0.4, 0.5) is 0 Å². The van der Waals surface area contributed by atoms with E-state index in [1.807, 2.05) is 6.26 Å². The summed E-state index contributed by atoms with van der Waals surface area (Å²) in [5.41, 5.74) is 0. The Labute approximate surface area is 87.8 Å². The summed E-state index contributed by atoms with van der Waals surface area (Å²) < 4.78 is 0. The lowest BCUT2D eigenvalue weighted by molar-refractivity contribution is -0.141. The molecule has 0 saturated heterocycles. The van der Waals surface area contributed by atoms with Gasteiger partial charge in [-0.1, -0.05) is 6.08 Å². The number of thioether (sulfide) groups is 1. The van der Waals surface area contributed by atoms with E-state index in [0.29, 0.717) is 12.2 Å². The molecular formula is C9H15NO3S. The average Bonchev–Trinajstić information content (AvgIpc) is 2.12. The number of aliphatic carboxylic acids is 1. The van der Waals surface area contributed by atoms with Crippen LogP contribution in [-0.4, -0.2) is 35.0 Å². The van der Waals surface area contributed by atoms with E-state index in [-0.39, 0.29) is 12.3 Å². The van der Waals surface area contributed by atoms with Crippen LogP contribution in [0.1, 0.15) is 12.8 Å². The smallest absolute Gasteiger partial charge is 0.326 e. The molecule has 14 heavy (non-hydrogen) atoms. The molecule has 0 saturated carbocycles. The fourth-order valence-corrected chi connectivity index (χ4v) is 1.35. The molecule has 0 heterocycles. The lowest BCUT2D eigenvalue weighted by atomic mass is 10.2. The Kier molecular flexibility index (Phi) is 6.92. The molecular weight excluding hydrogens is 202 g/mol. The summed E-state index contributed by atoms with van der Waals surface area (Å²) in [6, 6.07) is -0.783. The topological polar surface area (TPSA) is 66.4 Å². The van der Waals surface area contributed by atoms with Gasteiger partial charge < -0.3 is 10.4 Å². The van der Waals surface area contributed by atoms with Gasteiger partial charge in [-0.25, -0.2) is 4.79 Å². The molecule has 2 N–H and O–H groups in total. The van der Waals surface area contributed by atoms with E-state index in [0.717, 1.165) is 0 Å². The molecule has 80 valence electrons. The van der Waals surface area contributed by atoms with E-state index >= 15 is 0 Å². The van der Waals surface area contributed by atoms with E-state index in [4.69, 9.17) is 5.11 Å². The third-order valence-electron chi connectivity index (χ3n) is 1.57. The zero-order chi connectivity index (χ0) is 11.0. The van der Waals surface area contributed by atoms with Crippen molar-refractivity contribution in [1.29, 1.82) is 0 Å².